The van der Waals surface area contributed by atoms with E-state index in [0.717, 1.165) is 35.5 Å². The maximum Gasteiger partial charge on any atom is 0.219 e. The third-order valence-electron chi connectivity index (χ3n) is 4.16. The molecule has 0 radical (unpaired) electrons. The summed E-state index contributed by atoms with van der Waals surface area (Å²) in [5, 5.41) is 1.05. The second-order valence-electron chi connectivity index (χ2n) is 5.80. The lowest BCUT2D eigenvalue weighted by Gasteiger charge is -2.27. The Morgan fingerprint density at radius 1 is 1.42 bits per heavy atom. The first-order valence-electron chi connectivity index (χ1n) is 7.17. The summed E-state index contributed by atoms with van der Waals surface area (Å²) < 4.78 is 0. The van der Waals surface area contributed by atoms with Crippen LogP contribution in [0.4, 0.5) is 0 Å². The Hall–Kier alpha value is -1.61. The summed E-state index contributed by atoms with van der Waals surface area (Å²) in [5.74, 6) is 1.01. The highest BCUT2D eigenvalue weighted by molar-refractivity contribution is 6.08. The quantitative estimate of drug-likeness (QED) is 0.806. The number of ketones is 1. The molecule has 100 valence electrons. The van der Waals surface area contributed by atoms with Gasteiger partial charge in [0.2, 0.25) is 5.78 Å². The van der Waals surface area contributed by atoms with Crippen LogP contribution in [0.1, 0.15) is 30.1 Å². The van der Waals surface area contributed by atoms with Crippen LogP contribution in [0.2, 0.25) is 0 Å². The largest absolute Gasteiger partial charge is 0.360 e. The van der Waals surface area contributed by atoms with Gasteiger partial charge >= 0.3 is 0 Å². The molecule has 1 saturated heterocycles. The molecule has 0 spiro atoms. The van der Waals surface area contributed by atoms with Crippen molar-refractivity contribution in [1.29, 1.82) is 0 Å². The molecule has 2 aromatic rings. The highest BCUT2D eigenvalue weighted by atomic mass is 16.1. The fourth-order valence-corrected chi connectivity index (χ4v) is 3.18. The van der Waals surface area contributed by atoms with Crippen LogP contribution >= 0.6 is 0 Å². The zero-order chi connectivity index (χ0) is 13.2. The molecule has 3 nitrogen and oxygen atoms in total. The maximum atomic E-state index is 12.5. The summed E-state index contributed by atoms with van der Waals surface area (Å²) >= 11 is 0. The number of H-pyrrole nitrogens is 1. The van der Waals surface area contributed by atoms with Gasteiger partial charge in [0, 0.05) is 28.6 Å². The van der Waals surface area contributed by atoms with Crippen molar-refractivity contribution < 1.29 is 9.69 Å². The van der Waals surface area contributed by atoms with Crippen molar-refractivity contribution in [2.45, 2.75) is 19.8 Å². The third-order valence-corrected chi connectivity index (χ3v) is 4.16. The molecule has 1 unspecified atom stereocenters. The number of nitrogens with one attached hydrogen (secondary N) is 2. The number of likely N-dealkylation sites (tertiary alicyclic amines) is 1. The van der Waals surface area contributed by atoms with Crippen LogP contribution in [-0.2, 0) is 0 Å². The molecule has 0 saturated carbocycles. The summed E-state index contributed by atoms with van der Waals surface area (Å²) in [7, 11) is 0. The van der Waals surface area contributed by atoms with E-state index in [2.05, 4.69) is 11.9 Å². The molecule has 19 heavy (non-hydrogen) atoms. The molecule has 0 amide bonds. The van der Waals surface area contributed by atoms with Gasteiger partial charge in [0.1, 0.15) is 6.54 Å². The van der Waals surface area contributed by atoms with Crippen LogP contribution in [0, 0.1) is 5.92 Å². The summed E-state index contributed by atoms with van der Waals surface area (Å²) in [4.78, 5) is 17.1. The second-order valence-corrected chi connectivity index (χ2v) is 5.80. The first kappa shape index (κ1) is 12.4. The average Bonchev–Trinajstić information content (AvgIpc) is 2.82. The number of benzene rings is 1. The average molecular weight is 257 g/mol. The van der Waals surface area contributed by atoms with Crippen LogP contribution in [0.5, 0.6) is 0 Å². The van der Waals surface area contributed by atoms with Crippen LogP contribution in [-0.4, -0.2) is 30.4 Å². The molecular formula is C16H21N2O+. The number of rotatable bonds is 3. The zero-order valence-electron chi connectivity index (χ0n) is 11.4. The Bertz CT molecular complexity index is 587. The Morgan fingerprint density at radius 3 is 3.11 bits per heavy atom. The zero-order valence-corrected chi connectivity index (χ0v) is 11.4. The number of hydrogen-bond donors (Lipinski definition) is 2. The summed E-state index contributed by atoms with van der Waals surface area (Å²) in [5.41, 5.74) is 1.90. The van der Waals surface area contributed by atoms with E-state index in [1.165, 1.54) is 17.7 Å². The standard InChI is InChI=1S/C16H20N2O/c1-12-5-4-8-18(10-12)11-16(19)14-9-17-15-7-3-2-6-13(14)15/h2-3,6-7,9,12,17H,4-5,8,10-11H2,1H3/p+1/t12-/m0/s1. The van der Waals surface area contributed by atoms with Crippen molar-refractivity contribution in [3.8, 4) is 0 Å². The van der Waals surface area contributed by atoms with Gasteiger partial charge in [0.05, 0.1) is 13.1 Å². The van der Waals surface area contributed by atoms with E-state index >= 15 is 0 Å². The van der Waals surface area contributed by atoms with Crippen molar-refractivity contribution in [3.63, 3.8) is 0 Å². The predicted molar refractivity (Wildman–Crippen MR) is 76.6 cm³/mol. The number of carbonyl (C=O) groups is 1. The fraction of sp³-hybridized carbons (Fsp3) is 0.438. The maximum absolute atomic E-state index is 12.5. The number of aromatic nitrogens is 1. The van der Waals surface area contributed by atoms with E-state index < -0.39 is 0 Å². The highest BCUT2D eigenvalue weighted by Gasteiger charge is 2.23. The van der Waals surface area contributed by atoms with Crippen LogP contribution < -0.4 is 4.90 Å². The molecular weight excluding hydrogens is 236 g/mol. The van der Waals surface area contributed by atoms with Crippen molar-refractivity contribution in [3.05, 3.63) is 36.0 Å². The molecule has 0 bridgehead atoms. The summed E-state index contributed by atoms with van der Waals surface area (Å²) in [6.45, 7) is 5.19. The van der Waals surface area contributed by atoms with E-state index in [-0.39, 0.29) is 5.78 Å². The highest BCUT2D eigenvalue weighted by Crippen LogP contribution is 2.17. The van der Waals surface area contributed by atoms with E-state index in [1.54, 1.807) is 0 Å². The SMILES string of the molecule is C[C@H]1CCC[NH+](CC(=O)c2c[nH]c3ccccc23)C1. The fourth-order valence-electron chi connectivity index (χ4n) is 3.18. The van der Waals surface area contributed by atoms with Gasteiger partial charge < -0.3 is 9.88 Å². The van der Waals surface area contributed by atoms with Gasteiger partial charge in [-0.2, -0.15) is 0 Å². The molecule has 1 aliphatic rings. The first-order chi connectivity index (χ1) is 9.24. The number of para-hydroxylation sites is 1. The smallest absolute Gasteiger partial charge is 0.219 e. The van der Waals surface area contributed by atoms with Gasteiger partial charge in [0.15, 0.2) is 0 Å². The number of quaternary nitrogens is 1. The van der Waals surface area contributed by atoms with Gasteiger partial charge in [-0.05, 0) is 18.9 Å². The molecule has 2 atom stereocenters. The molecule has 1 aromatic carbocycles. The molecule has 2 heterocycles. The lowest BCUT2D eigenvalue weighted by atomic mass is 9.99. The molecule has 1 fully saturated rings. The van der Waals surface area contributed by atoms with Crippen LogP contribution in [0.3, 0.4) is 0 Å². The van der Waals surface area contributed by atoms with Gasteiger partial charge in [-0.25, -0.2) is 0 Å². The number of fused-ring (bicyclic) bond motifs is 1. The molecule has 1 aromatic heterocycles. The molecule has 3 rings (SSSR count). The topological polar surface area (TPSA) is 37.3 Å². The Balaban J connectivity index is 1.76. The molecule has 2 N–H and O–H groups in total. The van der Waals surface area contributed by atoms with E-state index in [0.29, 0.717) is 6.54 Å². The van der Waals surface area contributed by atoms with Crippen LogP contribution in [0.15, 0.2) is 30.5 Å². The normalized spacial score (nSPS) is 23.6. The van der Waals surface area contributed by atoms with E-state index in [1.807, 2.05) is 30.5 Å². The number of aromatic amines is 1. The predicted octanol–water partition coefficient (Wildman–Crippen LogP) is 1.67. The third kappa shape index (κ3) is 2.56. The van der Waals surface area contributed by atoms with Crippen molar-refractivity contribution in [2.75, 3.05) is 19.6 Å². The summed E-state index contributed by atoms with van der Waals surface area (Å²) in [6, 6.07) is 8.02. The minimum atomic E-state index is 0.265. The second kappa shape index (κ2) is 5.17. The number of piperidine rings is 1. The van der Waals surface area contributed by atoms with Gasteiger partial charge in [0.25, 0.3) is 0 Å². The Morgan fingerprint density at radius 2 is 2.26 bits per heavy atom. The van der Waals surface area contributed by atoms with Crippen molar-refractivity contribution in [1.82, 2.24) is 4.98 Å². The first-order valence-corrected chi connectivity index (χ1v) is 7.17. The number of hydrogen-bond acceptors (Lipinski definition) is 1. The minimum absolute atomic E-state index is 0.265. The molecule has 3 heteroatoms. The minimum Gasteiger partial charge on any atom is -0.360 e. The van der Waals surface area contributed by atoms with Gasteiger partial charge in [-0.3, -0.25) is 4.79 Å². The van der Waals surface area contributed by atoms with Gasteiger partial charge in [-0.15, -0.1) is 0 Å². The van der Waals surface area contributed by atoms with Gasteiger partial charge in [-0.1, -0.05) is 25.1 Å². The Labute approximate surface area is 113 Å². The number of Topliss-reactive ketones (excluding diaryl/α,β-unsaturated/α-hetero) is 1. The van der Waals surface area contributed by atoms with Crippen molar-refractivity contribution >= 4 is 16.7 Å². The molecule has 0 aliphatic carbocycles. The number of carbonyl (C=O) groups excluding carboxylic acids is 1. The van der Waals surface area contributed by atoms with Crippen LogP contribution in [0.25, 0.3) is 10.9 Å². The monoisotopic (exact) mass is 257 g/mol. The lowest BCUT2D eigenvalue weighted by molar-refractivity contribution is -0.900. The van der Waals surface area contributed by atoms with E-state index in [9.17, 15) is 4.79 Å². The van der Waals surface area contributed by atoms with E-state index in [4.69, 9.17) is 0 Å². The molecule has 1 aliphatic heterocycles. The summed E-state index contributed by atoms with van der Waals surface area (Å²) in [6.07, 6.45) is 4.42. The Kier molecular flexibility index (Phi) is 3.38. The lowest BCUT2D eigenvalue weighted by Crippen LogP contribution is -3.14. The van der Waals surface area contributed by atoms with Crippen molar-refractivity contribution in [2.24, 2.45) is 5.92 Å².